The first kappa shape index (κ1) is 44.6. The van der Waals surface area contributed by atoms with Gasteiger partial charge in [-0.2, -0.15) is 0 Å². The predicted molar refractivity (Wildman–Crippen MR) is 213 cm³/mol. The summed E-state index contributed by atoms with van der Waals surface area (Å²) in [5, 5.41) is 94.2. The molecule has 0 bridgehead atoms. The van der Waals surface area contributed by atoms with Crippen LogP contribution in [-0.2, 0) is 28.8 Å². The summed E-state index contributed by atoms with van der Waals surface area (Å²) in [5.74, 6) is -2.15. The molecule has 3 fully saturated rings. The van der Waals surface area contributed by atoms with Crippen molar-refractivity contribution in [2.24, 2.45) is 5.92 Å². The topological polar surface area (TPSA) is 264 Å². The van der Waals surface area contributed by atoms with Crippen molar-refractivity contribution in [3.05, 3.63) is 114 Å². The van der Waals surface area contributed by atoms with E-state index in [2.05, 4.69) is 0 Å². The van der Waals surface area contributed by atoms with Crippen LogP contribution in [0.1, 0.15) is 36.1 Å². The first-order valence-corrected chi connectivity index (χ1v) is 21.3. The summed E-state index contributed by atoms with van der Waals surface area (Å²) in [6, 6.07) is 24.4. The lowest BCUT2D eigenvalue weighted by molar-refractivity contribution is -0.341. The number of hydrogen-bond donors (Lipinski definition) is 9. The maximum atomic E-state index is 13.6. The van der Waals surface area contributed by atoms with Gasteiger partial charge in [0.2, 0.25) is 5.91 Å². The molecular formula is C43H48FNO15S. The Balaban J connectivity index is 1.03. The molecule has 61 heavy (non-hydrogen) atoms. The summed E-state index contributed by atoms with van der Waals surface area (Å²) in [4.78, 5) is 15.0. The van der Waals surface area contributed by atoms with Crippen LogP contribution in [0.4, 0.5) is 10.1 Å². The largest absolute Gasteiger partial charge is 0.508 e. The van der Waals surface area contributed by atoms with Crippen LogP contribution in [0.25, 0.3) is 11.1 Å². The molecule has 1 unspecified atom stereocenters. The molecule has 0 aromatic heterocycles. The van der Waals surface area contributed by atoms with Crippen molar-refractivity contribution in [3.8, 4) is 16.9 Å². The van der Waals surface area contributed by atoms with Gasteiger partial charge in [-0.3, -0.25) is 4.79 Å². The summed E-state index contributed by atoms with van der Waals surface area (Å²) in [6.45, 7) is -1.59. The van der Waals surface area contributed by atoms with Crippen molar-refractivity contribution < 1.29 is 77.8 Å². The lowest BCUT2D eigenvalue weighted by Crippen LogP contribution is -2.65. The molecular weight excluding hydrogens is 822 g/mol. The highest BCUT2D eigenvalue weighted by Crippen LogP contribution is 2.49. The highest BCUT2D eigenvalue weighted by atomic mass is 32.2. The molecule has 7 rings (SSSR count). The molecule has 4 aromatic carbocycles. The fraction of sp³-hybridized carbons (Fsp3) is 0.419. The molecule has 0 aliphatic carbocycles. The van der Waals surface area contributed by atoms with E-state index in [-0.39, 0.29) is 29.4 Å². The average Bonchev–Trinajstić information content (AvgIpc) is 3.26. The van der Waals surface area contributed by atoms with Gasteiger partial charge in [0.1, 0.15) is 66.5 Å². The Morgan fingerprint density at radius 3 is 2.02 bits per heavy atom. The van der Waals surface area contributed by atoms with Crippen molar-refractivity contribution in [2.45, 2.75) is 91.1 Å². The number of aliphatic hydroxyl groups is 8. The number of phenols is 1. The van der Waals surface area contributed by atoms with E-state index in [0.29, 0.717) is 27.9 Å². The number of para-hydroxylation sites is 1. The fourth-order valence-corrected chi connectivity index (χ4v) is 9.65. The first-order chi connectivity index (χ1) is 29.1. The Labute approximate surface area is 350 Å². The number of anilines is 1. The number of sulfone groups is 1. The van der Waals surface area contributed by atoms with Crippen LogP contribution < -0.4 is 4.90 Å². The van der Waals surface area contributed by atoms with E-state index in [0.717, 1.165) is 0 Å². The normalized spacial score (nSPS) is 31.1. The Morgan fingerprint density at radius 2 is 1.38 bits per heavy atom. The molecule has 328 valence electrons. The minimum absolute atomic E-state index is 0.119. The number of hydrogen-bond acceptors (Lipinski definition) is 15. The SMILES string of the molecule is O=C1[C@H](CC[C@H](O)c2ccc(F)cc2)[C@@H](c2ccc(-c3ccc(S(=O)(=O)C[C@@H]4O[C@H](CO)C(O[C@@H]5O[C@H](CO)[C@@H](O)[C@H](O)[C@H]5O)[C@H](O)[C@H]4O)cc3)cc2O)N1c1ccccc1. The number of aliphatic hydroxyl groups excluding tert-OH is 8. The molecule has 1 amide bonds. The molecule has 3 aliphatic rings. The van der Waals surface area contributed by atoms with Crippen LogP contribution >= 0.6 is 0 Å². The van der Waals surface area contributed by atoms with Gasteiger partial charge in [-0.05, 0) is 72.0 Å². The third-order valence-corrected chi connectivity index (χ3v) is 13.4. The molecule has 0 saturated carbocycles. The van der Waals surface area contributed by atoms with E-state index in [4.69, 9.17) is 14.2 Å². The lowest BCUT2D eigenvalue weighted by Gasteiger charge is -2.48. The molecule has 3 aliphatic heterocycles. The number of ether oxygens (including phenoxy) is 3. The van der Waals surface area contributed by atoms with E-state index in [1.54, 1.807) is 41.3 Å². The van der Waals surface area contributed by atoms with Gasteiger partial charge in [0.05, 0.1) is 41.9 Å². The summed E-state index contributed by atoms with van der Waals surface area (Å²) in [5.41, 5.74) is 2.66. The molecule has 3 heterocycles. The highest BCUT2D eigenvalue weighted by molar-refractivity contribution is 7.91. The number of carbonyl (C=O) groups is 1. The van der Waals surface area contributed by atoms with E-state index in [1.807, 2.05) is 6.07 Å². The Bertz CT molecular complexity index is 2230. The maximum absolute atomic E-state index is 13.6. The number of β-lactam (4-membered cyclic amide) rings is 1. The third kappa shape index (κ3) is 9.08. The summed E-state index contributed by atoms with van der Waals surface area (Å²) in [6.07, 6.45) is -17.2. The van der Waals surface area contributed by atoms with Crippen molar-refractivity contribution in [2.75, 3.05) is 23.9 Å². The smallest absolute Gasteiger partial charge is 0.233 e. The summed E-state index contributed by atoms with van der Waals surface area (Å²) < 4.78 is 57.2. The Morgan fingerprint density at radius 1 is 0.738 bits per heavy atom. The minimum atomic E-state index is -4.21. The van der Waals surface area contributed by atoms with Crippen LogP contribution in [0.2, 0.25) is 0 Å². The number of carbonyl (C=O) groups excluding carboxylic acids is 1. The second-order valence-electron chi connectivity index (χ2n) is 15.5. The van der Waals surface area contributed by atoms with Crippen LogP contribution in [0, 0.1) is 11.7 Å². The van der Waals surface area contributed by atoms with Gasteiger partial charge in [-0.25, -0.2) is 12.8 Å². The van der Waals surface area contributed by atoms with Gasteiger partial charge in [-0.15, -0.1) is 0 Å². The number of aromatic hydroxyl groups is 1. The van der Waals surface area contributed by atoms with Gasteiger partial charge in [0, 0.05) is 11.3 Å². The van der Waals surface area contributed by atoms with Crippen LogP contribution in [0.15, 0.2) is 102 Å². The second kappa shape index (κ2) is 18.5. The van der Waals surface area contributed by atoms with Crippen LogP contribution in [0.5, 0.6) is 5.75 Å². The van der Waals surface area contributed by atoms with Gasteiger partial charge >= 0.3 is 0 Å². The van der Waals surface area contributed by atoms with Gasteiger partial charge in [-0.1, -0.05) is 54.6 Å². The zero-order valence-corrected chi connectivity index (χ0v) is 33.3. The molecule has 4 aromatic rings. The minimum Gasteiger partial charge on any atom is -0.508 e. The lowest BCUT2D eigenvalue weighted by atomic mass is 9.77. The monoisotopic (exact) mass is 869 g/mol. The van der Waals surface area contributed by atoms with Crippen molar-refractivity contribution >= 4 is 21.4 Å². The molecule has 0 radical (unpaired) electrons. The summed E-state index contributed by atoms with van der Waals surface area (Å²) in [7, 11) is -4.21. The second-order valence-corrected chi connectivity index (χ2v) is 17.5. The van der Waals surface area contributed by atoms with E-state index in [9.17, 15) is 63.6 Å². The molecule has 3 saturated heterocycles. The Hall–Kier alpha value is -4.41. The number of rotatable bonds is 14. The van der Waals surface area contributed by atoms with Crippen molar-refractivity contribution in [3.63, 3.8) is 0 Å². The van der Waals surface area contributed by atoms with Crippen molar-refractivity contribution in [1.82, 2.24) is 0 Å². The van der Waals surface area contributed by atoms with E-state index < -0.39 is 114 Å². The maximum Gasteiger partial charge on any atom is 0.233 e. The molecule has 0 spiro atoms. The van der Waals surface area contributed by atoms with Crippen LogP contribution in [0.3, 0.4) is 0 Å². The molecule has 18 heteroatoms. The first-order valence-electron chi connectivity index (χ1n) is 19.7. The third-order valence-electron chi connectivity index (χ3n) is 11.6. The summed E-state index contributed by atoms with van der Waals surface area (Å²) >= 11 is 0. The quantitative estimate of drug-likeness (QED) is 0.0796. The average molecular weight is 870 g/mol. The number of amides is 1. The Kier molecular flexibility index (Phi) is 13.5. The molecule has 13 atom stereocenters. The number of phenolic OH excluding ortho intramolecular Hbond substituents is 1. The van der Waals surface area contributed by atoms with Crippen LogP contribution in [-0.4, -0.2) is 140 Å². The highest BCUT2D eigenvalue weighted by Gasteiger charge is 2.52. The standard InChI is InChI=1S/C43H48FNO15S/c44-25-11-6-23(7-12-25)30(48)17-16-29-35(45(42(29)55)26-4-2-1-3-5-26)28-15-10-24(18-31(28)49)22-8-13-27(14-9-22)61(56,57)21-34-37(51)39(53)41(33(20-47)58-34)60-43-40(54)38(52)36(50)32(19-46)59-43/h1-15,18,29-30,32-41,43,46-54H,16-17,19-21H2/t29-,30+,32-,33-,34+,35-,36-,37+,38+,39-,40-,41?,43+/m1/s1. The zero-order chi connectivity index (χ0) is 43.7. The predicted octanol–water partition coefficient (Wildman–Crippen LogP) is 0.857. The molecule has 9 N–H and O–H groups in total. The van der Waals surface area contributed by atoms with Gasteiger partial charge in [0.25, 0.3) is 0 Å². The number of benzene rings is 4. The van der Waals surface area contributed by atoms with Gasteiger partial charge < -0.3 is 65.1 Å². The van der Waals surface area contributed by atoms with E-state index >= 15 is 0 Å². The van der Waals surface area contributed by atoms with E-state index in [1.165, 1.54) is 54.6 Å². The van der Waals surface area contributed by atoms with Gasteiger partial charge in [0.15, 0.2) is 16.1 Å². The fourth-order valence-electron chi connectivity index (χ4n) is 8.20. The zero-order valence-electron chi connectivity index (χ0n) is 32.5. The molecule has 16 nitrogen and oxygen atoms in total. The van der Waals surface area contributed by atoms with Crippen molar-refractivity contribution in [1.29, 1.82) is 0 Å². The number of nitrogens with zero attached hydrogens (tertiary/aromatic N) is 1. The number of halogens is 1.